The van der Waals surface area contributed by atoms with Crippen LogP contribution in [0.1, 0.15) is 0 Å². The van der Waals surface area contributed by atoms with Crippen molar-refractivity contribution in [3.05, 3.63) is 0 Å². The molecule has 0 aromatic heterocycles. The van der Waals surface area contributed by atoms with Crippen LogP contribution in [-0.4, -0.2) is 69.6 Å². The molecule has 0 radical (unpaired) electrons. The molecular formula is C9H19N3O. The van der Waals surface area contributed by atoms with E-state index in [0.717, 1.165) is 39.4 Å². The maximum Gasteiger partial charge on any atom is 0.0845 e. The summed E-state index contributed by atoms with van der Waals surface area (Å²) in [6.07, 6.45) is 1.86. The van der Waals surface area contributed by atoms with Crippen LogP contribution in [0, 0.1) is 0 Å². The van der Waals surface area contributed by atoms with Gasteiger partial charge in [-0.3, -0.25) is 9.89 Å². The van der Waals surface area contributed by atoms with E-state index in [1.54, 1.807) is 0 Å². The van der Waals surface area contributed by atoms with E-state index in [1.165, 1.54) is 0 Å². The topological polar surface area (TPSA) is 28.1 Å². The van der Waals surface area contributed by atoms with Crippen molar-refractivity contribution in [1.29, 1.82) is 0 Å². The Morgan fingerprint density at radius 1 is 1.38 bits per heavy atom. The lowest BCUT2D eigenvalue weighted by Crippen LogP contribution is -2.37. The van der Waals surface area contributed by atoms with Gasteiger partial charge in [0.05, 0.1) is 26.1 Å². The molecule has 1 heterocycles. The van der Waals surface area contributed by atoms with Crippen LogP contribution in [0.25, 0.3) is 0 Å². The van der Waals surface area contributed by atoms with Gasteiger partial charge in [0, 0.05) is 33.7 Å². The molecule has 4 nitrogen and oxygen atoms in total. The van der Waals surface area contributed by atoms with Crippen LogP contribution >= 0.6 is 0 Å². The Morgan fingerprint density at radius 2 is 2.08 bits per heavy atom. The molecule has 1 aliphatic rings. The summed E-state index contributed by atoms with van der Waals surface area (Å²) >= 11 is 0. The summed E-state index contributed by atoms with van der Waals surface area (Å²) in [5, 5.41) is 0. The predicted molar refractivity (Wildman–Crippen MR) is 54.3 cm³/mol. The van der Waals surface area contributed by atoms with Gasteiger partial charge < -0.3 is 9.64 Å². The quantitative estimate of drug-likeness (QED) is 0.452. The van der Waals surface area contributed by atoms with E-state index in [9.17, 15) is 0 Å². The molecule has 76 valence electrons. The number of aliphatic imine (C=N–C) groups is 1. The van der Waals surface area contributed by atoms with Crippen molar-refractivity contribution >= 4 is 6.34 Å². The zero-order chi connectivity index (χ0) is 9.52. The minimum Gasteiger partial charge on any atom is -0.379 e. The van der Waals surface area contributed by atoms with Crippen LogP contribution in [0.5, 0.6) is 0 Å². The van der Waals surface area contributed by atoms with Gasteiger partial charge in [0.25, 0.3) is 0 Å². The van der Waals surface area contributed by atoms with Crippen molar-refractivity contribution in [3.63, 3.8) is 0 Å². The first-order chi connectivity index (χ1) is 6.29. The Labute approximate surface area is 80.2 Å². The minimum atomic E-state index is 0.872. The van der Waals surface area contributed by atoms with Gasteiger partial charge in [-0.1, -0.05) is 0 Å². The van der Waals surface area contributed by atoms with Crippen molar-refractivity contribution in [2.24, 2.45) is 4.99 Å². The molecule has 0 spiro atoms. The Morgan fingerprint density at radius 3 is 2.69 bits per heavy atom. The monoisotopic (exact) mass is 185 g/mol. The standard InChI is InChI=1S/C9H19N3O/c1-11(2)9-10-3-4-12-5-7-13-8-6-12/h9H,3-8H2,1-2H3. The molecule has 0 aromatic rings. The Hall–Kier alpha value is -0.610. The third-order valence-electron chi connectivity index (χ3n) is 1.96. The summed E-state index contributed by atoms with van der Waals surface area (Å²) < 4.78 is 5.26. The normalized spacial score (nSPS) is 19.5. The number of morpholine rings is 1. The molecule has 0 aliphatic carbocycles. The second kappa shape index (κ2) is 5.94. The summed E-state index contributed by atoms with van der Waals surface area (Å²) in [7, 11) is 3.97. The number of hydrogen-bond acceptors (Lipinski definition) is 3. The molecule has 1 rings (SSSR count). The molecule has 0 atom stereocenters. The Kier molecular flexibility index (Phi) is 4.78. The van der Waals surface area contributed by atoms with E-state index in [1.807, 2.05) is 25.3 Å². The molecular weight excluding hydrogens is 166 g/mol. The van der Waals surface area contributed by atoms with E-state index in [2.05, 4.69) is 9.89 Å². The molecule has 0 amide bonds. The average Bonchev–Trinajstić information content (AvgIpc) is 2.14. The molecule has 1 fully saturated rings. The molecule has 0 saturated carbocycles. The van der Waals surface area contributed by atoms with Crippen molar-refractivity contribution < 1.29 is 4.74 Å². The van der Waals surface area contributed by atoms with Gasteiger partial charge in [-0.15, -0.1) is 0 Å². The maximum absolute atomic E-state index is 5.26. The van der Waals surface area contributed by atoms with Crippen molar-refractivity contribution in [2.75, 3.05) is 53.5 Å². The Balaban J connectivity index is 2.04. The fraction of sp³-hybridized carbons (Fsp3) is 0.889. The fourth-order valence-corrected chi connectivity index (χ4v) is 1.24. The zero-order valence-electron chi connectivity index (χ0n) is 8.57. The zero-order valence-corrected chi connectivity index (χ0v) is 8.57. The summed E-state index contributed by atoms with van der Waals surface area (Å²) in [6, 6.07) is 0. The van der Waals surface area contributed by atoms with Crippen LogP contribution in [0.15, 0.2) is 4.99 Å². The first-order valence-corrected chi connectivity index (χ1v) is 4.75. The van der Waals surface area contributed by atoms with Crippen molar-refractivity contribution in [3.8, 4) is 0 Å². The highest BCUT2D eigenvalue weighted by Crippen LogP contribution is 1.95. The second-order valence-corrected chi connectivity index (χ2v) is 3.44. The molecule has 0 aromatic carbocycles. The predicted octanol–water partition coefficient (Wildman–Crippen LogP) is -0.0915. The highest BCUT2D eigenvalue weighted by atomic mass is 16.5. The molecule has 13 heavy (non-hydrogen) atoms. The largest absolute Gasteiger partial charge is 0.379 e. The van der Waals surface area contributed by atoms with Gasteiger partial charge in [-0.25, -0.2) is 0 Å². The highest BCUT2D eigenvalue weighted by molar-refractivity contribution is 5.53. The first-order valence-electron chi connectivity index (χ1n) is 4.75. The van der Waals surface area contributed by atoms with Gasteiger partial charge >= 0.3 is 0 Å². The smallest absolute Gasteiger partial charge is 0.0845 e. The van der Waals surface area contributed by atoms with E-state index >= 15 is 0 Å². The van der Waals surface area contributed by atoms with E-state index in [0.29, 0.717) is 0 Å². The van der Waals surface area contributed by atoms with Gasteiger partial charge in [0.15, 0.2) is 0 Å². The third kappa shape index (κ3) is 4.85. The number of hydrogen-bond donors (Lipinski definition) is 0. The van der Waals surface area contributed by atoms with Gasteiger partial charge in [-0.2, -0.15) is 0 Å². The van der Waals surface area contributed by atoms with E-state index < -0.39 is 0 Å². The highest BCUT2D eigenvalue weighted by Gasteiger charge is 2.08. The lowest BCUT2D eigenvalue weighted by Gasteiger charge is -2.25. The van der Waals surface area contributed by atoms with E-state index in [-0.39, 0.29) is 0 Å². The van der Waals surface area contributed by atoms with E-state index in [4.69, 9.17) is 4.74 Å². The lowest BCUT2D eigenvalue weighted by atomic mass is 10.4. The summed E-state index contributed by atoms with van der Waals surface area (Å²) in [4.78, 5) is 8.63. The Bertz CT molecular complexity index is 153. The molecule has 0 N–H and O–H groups in total. The van der Waals surface area contributed by atoms with Crippen LogP contribution in [0.3, 0.4) is 0 Å². The maximum atomic E-state index is 5.26. The van der Waals surface area contributed by atoms with Gasteiger partial charge in [0.2, 0.25) is 0 Å². The summed E-state index contributed by atoms with van der Waals surface area (Å²) in [5.41, 5.74) is 0. The molecule has 1 aliphatic heterocycles. The minimum absolute atomic E-state index is 0.872. The summed E-state index contributed by atoms with van der Waals surface area (Å²) in [6.45, 7) is 5.79. The van der Waals surface area contributed by atoms with Crippen LogP contribution in [0.4, 0.5) is 0 Å². The lowest BCUT2D eigenvalue weighted by molar-refractivity contribution is 0.0394. The van der Waals surface area contributed by atoms with Gasteiger partial charge in [0.1, 0.15) is 0 Å². The molecule has 1 saturated heterocycles. The SMILES string of the molecule is CN(C)C=NCCN1CCOCC1. The average molecular weight is 185 g/mol. The molecule has 4 heteroatoms. The number of nitrogens with zero attached hydrogens (tertiary/aromatic N) is 3. The first kappa shape index (κ1) is 10.5. The van der Waals surface area contributed by atoms with Crippen LogP contribution in [0.2, 0.25) is 0 Å². The fourth-order valence-electron chi connectivity index (χ4n) is 1.24. The van der Waals surface area contributed by atoms with Gasteiger partial charge in [-0.05, 0) is 0 Å². The summed E-state index contributed by atoms with van der Waals surface area (Å²) in [5.74, 6) is 0. The molecule has 0 unspecified atom stereocenters. The second-order valence-electron chi connectivity index (χ2n) is 3.44. The van der Waals surface area contributed by atoms with Crippen LogP contribution in [-0.2, 0) is 4.74 Å². The van der Waals surface area contributed by atoms with Crippen molar-refractivity contribution in [2.45, 2.75) is 0 Å². The molecule has 0 bridgehead atoms. The van der Waals surface area contributed by atoms with Crippen LogP contribution < -0.4 is 0 Å². The number of rotatable bonds is 4. The number of ether oxygens (including phenoxy) is 1. The third-order valence-corrected chi connectivity index (χ3v) is 1.96. The van der Waals surface area contributed by atoms with Crippen molar-refractivity contribution in [1.82, 2.24) is 9.80 Å².